The van der Waals surface area contributed by atoms with E-state index in [1.165, 1.54) is 11.1 Å². The number of hydrogen-bond acceptors (Lipinski definition) is 3. The highest BCUT2D eigenvalue weighted by atomic mass is 16.5. The molecule has 3 heteroatoms. The van der Waals surface area contributed by atoms with Crippen LogP contribution in [-0.2, 0) is 0 Å². The Morgan fingerprint density at radius 1 is 0.880 bits per heavy atom. The van der Waals surface area contributed by atoms with E-state index in [1.54, 1.807) is 13.2 Å². The van der Waals surface area contributed by atoms with Gasteiger partial charge in [-0.2, -0.15) is 0 Å². The third kappa shape index (κ3) is 3.32. The molecule has 0 bridgehead atoms. The van der Waals surface area contributed by atoms with Crippen molar-refractivity contribution in [2.24, 2.45) is 0 Å². The van der Waals surface area contributed by atoms with E-state index in [0.29, 0.717) is 28.7 Å². The molecule has 1 heterocycles. The lowest BCUT2D eigenvalue weighted by Gasteiger charge is -2.16. The molecule has 0 unspecified atom stereocenters. The normalized spacial score (nSPS) is 11.5. The molecule has 25 heavy (non-hydrogen) atoms. The highest BCUT2D eigenvalue weighted by Crippen LogP contribution is 2.32. The molecule has 0 aliphatic rings. The molecule has 3 nitrogen and oxygen atoms in total. The molecule has 3 aromatic rings. The van der Waals surface area contributed by atoms with Crippen molar-refractivity contribution < 1.29 is 9.15 Å². The van der Waals surface area contributed by atoms with Crippen molar-refractivity contribution in [2.45, 2.75) is 39.5 Å². The number of hydrogen-bond donors (Lipinski definition) is 0. The predicted octanol–water partition coefficient (Wildman–Crippen LogP) is 5.72. The van der Waals surface area contributed by atoms with E-state index in [2.05, 4.69) is 39.8 Å². The summed E-state index contributed by atoms with van der Waals surface area (Å²) in [4.78, 5) is 12.6. The van der Waals surface area contributed by atoms with Crippen LogP contribution >= 0.6 is 0 Å². The van der Waals surface area contributed by atoms with Crippen molar-refractivity contribution in [3.8, 4) is 16.9 Å². The number of ether oxygens (including phenoxy) is 1. The average Bonchev–Trinajstić information content (AvgIpc) is 2.60. The minimum atomic E-state index is -0.319. The molecule has 3 rings (SSSR count). The predicted molar refractivity (Wildman–Crippen MR) is 103 cm³/mol. The average molecular weight is 336 g/mol. The summed E-state index contributed by atoms with van der Waals surface area (Å²) in [6.07, 6.45) is 0. The largest absolute Gasteiger partial charge is 0.497 e. The van der Waals surface area contributed by atoms with Gasteiger partial charge in [0.15, 0.2) is 0 Å². The summed E-state index contributed by atoms with van der Waals surface area (Å²) in [5.41, 5.74) is 4.23. The van der Waals surface area contributed by atoms with Crippen LogP contribution in [0.15, 0.2) is 51.7 Å². The van der Waals surface area contributed by atoms with Gasteiger partial charge in [-0.25, -0.2) is 4.79 Å². The quantitative estimate of drug-likeness (QED) is 0.572. The second-order valence-corrected chi connectivity index (χ2v) is 7.01. The third-order valence-electron chi connectivity index (χ3n) is 4.60. The molecule has 0 radical (unpaired) electrons. The molecule has 0 aliphatic heterocycles. The molecule has 0 N–H and O–H groups in total. The Labute approximate surface area is 148 Å². The van der Waals surface area contributed by atoms with Crippen LogP contribution in [0.25, 0.3) is 22.1 Å². The van der Waals surface area contributed by atoms with Gasteiger partial charge >= 0.3 is 5.63 Å². The highest BCUT2D eigenvalue weighted by molar-refractivity contribution is 5.83. The van der Waals surface area contributed by atoms with E-state index in [4.69, 9.17) is 9.15 Å². The molecule has 0 aliphatic carbocycles. The summed E-state index contributed by atoms with van der Waals surface area (Å²) in [5, 5.41) is 0.887. The molecule has 0 spiro atoms. The van der Waals surface area contributed by atoms with E-state index in [9.17, 15) is 4.79 Å². The fourth-order valence-corrected chi connectivity index (χ4v) is 3.07. The Hall–Kier alpha value is -2.55. The molecule has 0 saturated carbocycles. The van der Waals surface area contributed by atoms with Crippen molar-refractivity contribution in [1.82, 2.24) is 0 Å². The van der Waals surface area contributed by atoms with Crippen LogP contribution in [0.2, 0.25) is 0 Å². The van der Waals surface area contributed by atoms with Gasteiger partial charge in [0, 0.05) is 11.5 Å². The maximum atomic E-state index is 12.6. The summed E-state index contributed by atoms with van der Waals surface area (Å²) in [6.45, 7) is 8.65. The Morgan fingerprint density at radius 2 is 1.64 bits per heavy atom. The van der Waals surface area contributed by atoms with Gasteiger partial charge in [0.2, 0.25) is 0 Å². The summed E-state index contributed by atoms with van der Waals surface area (Å²) >= 11 is 0. The zero-order chi connectivity index (χ0) is 18.1. The highest BCUT2D eigenvalue weighted by Gasteiger charge is 2.15. The fourth-order valence-electron chi connectivity index (χ4n) is 3.07. The third-order valence-corrected chi connectivity index (χ3v) is 4.60. The minimum Gasteiger partial charge on any atom is -0.497 e. The van der Waals surface area contributed by atoms with Crippen LogP contribution in [-0.4, -0.2) is 7.11 Å². The lowest BCUT2D eigenvalue weighted by Crippen LogP contribution is -2.06. The maximum absolute atomic E-state index is 12.6. The topological polar surface area (TPSA) is 39.4 Å². The Morgan fingerprint density at radius 3 is 2.28 bits per heavy atom. The molecule has 0 fully saturated rings. The number of rotatable bonds is 4. The molecule has 0 atom stereocenters. The van der Waals surface area contributed by atoms with Gasteiger partial charge in [0.05, 0.1) is 12.7 Å². The number of methoxy groups -OCH3 is 1. The van der Waals surface area contributed by atoms with Crippen molar-refractivity contribution in [3.63, 3.8) is 0 Å². The Balaban J connectivity index is 2.22. The first-order valence-electron chi connectivity index (χ1n) is 8.66. The second-order valence-electron chi connectivity index (χ2n) is 7.01. The molecular weight excluding hydrogens is 312 g/mol. The second kappa shape index (κ2) is 6.75. The first-order valence-corrected chi connectivity index (χ1v) is 8.66. The van der Waals surface area contributed by atoms with Gasteiger partial charge in [-0.1, -0.05) is 45.9 Å². The molecular formula is C22H24O3. The molecule has 1 aromatic heterocycles. The van der Waals surface area contributed by atoms with Crippen LogP contribution in [0.3, 0.4) is 0 Å². The smallest absolute Gasteiger partial charge is 0.344 e. The summed E-state index contributed by atoms with van der Waals surface area (Å²) in [5.74, 6) is 1.44. The lowest BCUT2D eigenvalue weighted by molar-refractivity contribution is 0.414. The summed E-state index contributed by atoms with van der Waals surface area (Å²) in [6, 6.07) is 13.8. The van der Waals surface area contributed by atoms with Crippen LogP contribution < -0.4 is 10.4 Å². The molecule has 130 valence electrons. The van der Waals surface area contributed by atoms with Crippen LogP contribution in [0, 0.1) is 0 Å². The van der Waals surface area contributed by atoms with Gasteiger partial charge in [-0.05, 0) is 46.7 Å². The lowest BCUT2D eigenvalue weighted by atomic mass is 9.89. The van der Waals surface area contributed by atoms with Gasteiger partial charge in [0.1, 0.15) is 11.3 Å². The molecule has 0 saturated heterocycles. The van der Waals surface area contributed by atoms with Gasteiger partial charge in [-0.15, -0.1) is 0 Å². The summed E-state index contributed by atoms with van der Waals surface area (Å²) in [7, 11) is 1.60. The zero-order valence-corrected chi connectivity index (χ0v) is 15.4. The van der Waals surface area contributed by atoms with Crippen molar-refractivity contribution in [3.05, 3.63) is 64.0 Å². The van der Waals surface area contributed by atoms with E-state index >= 15 is 0 Å². The van der Waals surface area contributed by atoms with Crippen molar-refractivity contribution in [2.75, 3.05) is 7.11 Å². The molecule has 0 amide bonds. The van der Waals surface area contributed by atoms with Crippen LogP contribution in [0.4, 0.5) is 0 Å². The van der Waals surface area contributed by atoms with Gasteiger partial charge < -0.3 is 9.15 Å². The fraction of sp³-hybridized carbons (Fsp3) is 0.318. The Kier molecular flexibility index (Phi) is 4.67. The van der Waals surface area contributed by atoms with Crippen molar-refractivity contribution in [1.29, 1.82) is 0 Å². The van der Waals surface area contributed by atoms with Gasteiger partial charge in [0.25, 0.3) is 0 Å². The first kappa shape index (κ1) is 17.3. The van der Waals surface area contributed by atoms with Crippen LogP contribution in [0.1, 0.15) is 50.7 Å². The number of fused-ring (bicyclic) bond motifs is 1. The standard InChI is InChI=1S/C22H24O3/c1-13(2)15-7-9-18(19(10-15)14(3)4)20-11-16-6-8-17(24-5)12-21(16)25-22(20)23/h6-14H,1-5H3. The first-order chi connectivity index (χ1) is 11.9. The molecule has 2 aromatic carbocycles. The maximum Gasteiger partial charge on any atom is 0.344 e. The van der Waals surface area contributed by atoms with Gasteiger partial charge in [-0.3, -0.25) is 0 Å². The summed E-state index contributed by atoms with van der Waals surface area (Å²) < 4.78 is 10.8. The van der Waals surface area contributed by atoms with E-state index < -0.39 is 0 Å². The SMILES string of the molecule is COc1ccc2cc(-c3ccc(C(C)C)cc3C(C)C)c(=O)oc2c1. The number of benzene rings is 2. The van der Waals surface area contributed by atoms with Crippen LogP contribution in [0.5, 0.6) is 5.75 Å². The van der Waals surface area contributed by atoms with E-state index in [-0.39, 0.29) is 5.63 Å². The minimum absolute atomic E-state index is 0.319. The van der Waals surface area contributed by atoms with E-state index in [0.717, 1.165) is 10.9 Å². The zero-order valence-electron chi connectivity index (χ0n) is 15.4. The van der Waals surface area contributed by atoms with Crippen molar-refractivity contribution >= 4 is 11.0 Å². The monoisotopic (exact) mass is 336 g/mol. The van der Waals surface area contributed by atoms with E-state index in [1.807, 2.05) is 24.3 Å². The Bertz CT molecular complexity index is 965.